The summed E-state index contributed by atoms with van der Waals surface area (Å²) in [6, 6.07) is 0. The van der Waals surface area contributed by atoms with Crippen LogP contribution in [0.15, 0.2) is 0 Å². The topological polar surface area (TPSA) is 0 Å². The fourth-order valence-electron chi connectivity index (χ4n) is 0.810. The summed E-state index contributed by atoms with van der Waals surface area (Å²) in [4.78, 5) is 0. The molecule has 0 aromatic heterocycles. The van der Waals surface area contributed by atoms with E-state index in [9.17, 15) is 0 Å². The van der Waals surface area contributed by atoms with E-state index in [1.165, 1.54) is 12.8 Å². The molecule has 0 aromatic rings. The van der Waals surface area contributed by atoms with E-state index in [1.807, 2.05) is 6.92 Å². The first-order valence-corrected chi connectivity index (χ1v) is 4.76. The molecule has 0 unspecified atom stereocenters. The van der Waals surface area contributed by atoms with Crippen molar-refractivity contribution in [2.24, 2.45) is 0 Å². The minimum atomic E-state index is -0.463. The van der Waals surface area contributed by atoms with Gasteiger partial charge in [0.15, 0.2) is 0 Å². The van der Waals surface area contributed by atoms with E-state index in [4.69, 9.17) is 23.2 Å². The first-order valence-electron chi connectivity index (χ1n) is 4.00. The number of halogens is 2. The van der Waals surface area contributed by atoms with Gasteiger partial charge in [-0.1, -0.05) is 33.1 Å². The second-order valence-electron chi connectivity index (χ2n) is 2.67. The van der Waals surface area contributed by atoms with Crippen LogP contribution in [0.5, 0.6) is 0 Å². The molecular formula is C8H16Cl2. The highest BCUT2D eigenvalue weighted by Crippen LogP contribution is 2.30. The Bertz CT molecular complexity index is 79.3. The van der Waals surface area contributed by atoms with Gasteiger partial charge in [0.2, 0.25) is 0 Å². The number of hydrogen-bond acceptors (Lipinski definition) is 0. The third-order valence-corrected chi connectivity index (χ3v) is 2.58. The minimum absolute atomic E-state index is 0.463. The van der Waals surface area contributed by atoms with Crippen LogP contribution in [0.3, 0.4) is 0 Å². The van der Waals surface area contributed by atoms with Gasteiger partial charge >= 0.3 is 0 Å². The van der Waals surface area contributed by atoms with Crippen molar-refractivity contribution in [1.29, 1.82) is 0 Å². The predicted molar refractivity (Wildman–Crippen MR) is 48.9 cm³/mol. The molecule has 62 valence electrons. The van der Waals surface area contributed by atoms with Crippen LogP contribution >= 0.6 is 23.2 Å². The Morgan fingerprint density at radius 1 is 1.10 bits per heavy atom. The van der Waals surface area contributed by atoms with E-state index < -0.39 is 4.33 Å². The smallest absolute Gasteiger partial charge is 0.102 e. The Morgan fingerprint density at radius 3 is 2.10 bits per heavy atom. The van der Waals surface area contributed by atoms with E-state index >= 15 is 0 Å². The molecule has 0 amide bonds. The van der Waals surface area contributed by atoms with E-state index in [-0.39, 0.29) is 0 Å². The zero-order valence-electron chi connectivity index (χ0n) is 6.79. The molecule has 0 fully saturated rings. The van der Waals surface area contributed by atoms with Crippen molar-refractivity contribution in [2.75, 3.05) is 0 Å². The predicted octanol–water partition coefficient (Wildman–Crippen LogP) is 4.15. The van der Waals surface area contributed by atoms with Crippen molar-refractivity contribution in [3.63, 3.8) is 0 Å². The summed E-state index contributed by atoms with van der Waals surface area (Å²) in [6.45, 7) is 4.20. The summed E-state index contributed by atoms with van der Waals surface area (Å²) in [5, 5.41) is 0. The van der Waals surface area contributed by atoms with Gasteiger partial charge < -0.3 is 0 Å². The van der Waals surface area contributed by atoms with E-state index in [0.29, 0.717) is 0 Å². The van der Waals surface area contributed by atoms with Crippen molar-refractivity contribution in [3.05, 3.63) is 0 Å². The molecule has 0 rings (SSSR count). The van der Waals surface area contributed by atoms with Gasteiger partial charge in [-0.05, 0) is 12.8 Å². The van der Waals surface area contributed by atoms with Gasteiger partial charge in [-0.15, -0.1) is 23.2 Å². The highest BCUT2D eigenvalue weighted by Gasteiger charge is 2.19. The molecule has 0 bridgehead atoms. The Labute approximate surface area is 73.9 Å². The molecule has 2 heteroatoms. The maximum atomic E-state index is 5.92. The molecule has 0 spiro atoms. The van der Waals surface area contributed by atoms with E-state index in [1.54, 1.807) is 0 Å². The summed E-state index contributed by atoms with van der Waals surface area (Å²) in [5.41, 5.74) is 0. The molecule has 10 heavy (non-hydrogen) atoms. The Morgan fingerprint density at radius 2 is 1.70 bits per heavy atom. The van der Waals surface area contributed by atoms with Crippen LogP contribution in [0.1, 0.15) is 46.0 Å². The lowest BCUT2D eigenvalue weighted by Crippen LogP contribution is -2.09. The molecule has 0 radical (unpaired) electrons. The highest BCUT2D eigenvalue weighted by atomic mass is 35.5. The van der Waals surface area contributed by atoms with Crippen molar-refractivity contribution < 1.29 is 0 Å². The van der Waals surface area contributed by atoms with Gasteiger partial charge in [0.1, 0.15) is 4.33 Å². The van der Waals surface area contributed by atoms with Gasteiger partial charge in [-0.25, -0.2) is 0 Å². The number of unbranched alkanes of at least 4 members (excludes halogenated alkanes) is 2. The quantitative estimate of drug-likeness (QED) is 0.443. The molecule has 0 aromatic carbocycles. The van der Waals surface area contributed by atoms with Crippen LogP contribution in [0.25, 0.3) is 0 Å². The van der Waals surface area contributed by atoms with Crippen LogP contribution in [-0.2, 0) is 0 Å². The van der Waals surface area contributed by atoms with E-state index in [0.717, 1.165) is 19.3 Å². The average molecular weight is 183 g/mol. The molecule has 0 aliphatic carbocycles. The third-order valence-electron chi connectivity index (χ3n) is 1.66. The Hall–Kier alpha value is 0.580. The molecule has 0 saturated carbocycles. The second kappa shape index (κ2) is 5.26. The normalized spacial score (nSPS) is 12.0. The van der Waals surface area contributed by atoms with E-state index in [2.05, 4.69) is 6.92 Å². The summed E-state index contributed by atoms with van der Waals surface area (Å²) < 4.78 is -0.463. The van der Waals surface area contributed by atoms with Crippen molar-refractivity contribution >= 4 is 23.2 Å². The lowest BCUT2D eigenvalue weighted by atomic mass is 10.1. The molecular weight excluding hydrogens is 167 g/mol. The summed E-state index contributed by atoms with van der Waals surface area (Å²) >= 11 is 11.8. The molecule has 0 aliphatic rings. The molecule has 0 aliphatic heterocycles. The van der Waals surface area contributed by atoms with Crippen LogP contribution in [0.4, 0.5) is 0 Å². The Kier molecular flexibility index (Phi) is 5.56. The van der Waals surface area contributed by atoms with Gasteiger partial charge in [-0.3, -0.25) is 0 Å². The number of hydrogen-bond donors (Lipinski definition) is 0. The van der Waals surface area contributed by atoms with Gasteiger partial charge in [0.05, 0.1) is 0 Å². The number of rotatable bonds is 5. The molecule has 0 nitrogen and oxygen atoms in total. The molecule has 0 heterocycles. The zero-order valence-corrected chi connectivity index (χ0v) is 8.30. The molecule has 0 atom stereocenters. The SMILES string of the molecule is CCCCCC(Cl)(Cl)CC. The zero-order chi connectivity index (χ0) is 8.04. The van der Waals surface area contributed by atoms with Gasteiger partial charge in [-0.2, -0.15) is 0 Å². The van der Waals surface area contributed by atoms with Crippen LogP contribution in [0, 0.1) is 0 Å². The lowest BCUT2D eigenvalue weighted by Gasteiger charge is -2.15. The highest BCUT2D eigenvalue weighted by molar-refractivity contribution is 6.48. The van der Waals surface area contributed by atoms with Crippen molar-refractivity contribution in [3.8, 4) is 0 Å². The van der Waals surface area contributed by atoms with Crippen molar-refractivity contribution in [2.45, 2.75) is 50.3 Å². The van der Waals surface area contributed by atoms with Crippen LogP contribution < -0.4 is 0 Å². The monoisotopic (exact) mass is 182 g/mol. The van der Waals surface area contributed by atoms with Crippen molar-refractivity contribution in [1.82, 2.24) is 0 Å². The van der Waals surface area contributed by atoms with Crippen LogP contribution in [-0.4, -0.2) is 4.33 Å². The number of alkyl halides is 2. The standard InChI is InChI=1S/C8H16Cl2/c1-3-5-6-7-8(9,10)4-2/h3-7H2,1-2H3. The maximum Gasteiger partial charge on any atom is 0.118 e. The fraction of sp³-hybridized carbons (Fsp3) is 1.00. The minimum Gasteiger partial charge on any atom is -0.102 e. The third kappa shape index (κ3) is 5.37. The molecule has 0 N–H and O–H groups in total. The summed E-state index contributed by atoms with van der Waals surface area (Å²) in [7, 11) is 0. The van der Waals surface area contributed by atoms with Crippen LogP contribution in [0.2, 0.25) is 0 Å². The average Bonchev–Trinajstić information content (AvgIpc) is 1.89. The van der Waals surface area contributed by atoms with Gasteiger partial charge in [0, 0.05) is 0 Å². The maximum absolute atomic E-state index is 5.92. The largest absolute Gasteiger partial charge is 0.118 e. The fourth-order valence-corrected chi connectivity index (χ4v) is 1.08. The molecule has 0 saturated heterocycles. The second-order valence-corrected chi connectivity index (χ2v) is 4.31. The first-order chi connectivity index (χ1) is 4.62. The summed E-state index contributed by atoms with van der Waals surface area (Å²) in [5.74, 6) is 0. The van der Waals surface area contributed by atoms with Gasteiger partial charge in [0.25, 0.3) is 0 Å². The lowest BCUT2D eigenvalue weighted by molar-refractivity contribution is 0.596. The summed E-state index contributed by atoms with van der Waals surface area (Å²) in [6.07, 6.45) is 5.40. The Balaban J connectivity index is 3.28. The first kappa shape index (κ1) is 10.6.